The van der Waals surface area contributed by atoms with Crippen molar-refractivity contribution in [2.45, 2.75) is 33.1 Å². The van der Waals surface area contributed by atoms with Crippen LogP contribution in [0.3, 0.4) is 0 Å². The van der Waals surface area contributed by atoms with Crippen molar-refractivity contribution in [1.29, 1.82) is 0 Å². The molecule has 0 rings (SSSR count). The van der Waals surface area contributed by atoms with Crippen molar-refractivity contribution < 1.29 is 9.59 Å². The van der Waals surface area contributed by atoms with Gasteiger partial charge < -0.3 is 15.1 Å². The van der Waals surface area contributed by atoms with Crippen molar-refractivity contribution in [2.75, 3.05) is 40.3 Å². The first kappa shape index (κ1) is 16.9. The zero-order valence-electron chi connectivity index (χ0n) is 12.2. The Bertz CT molecular complexity index is 255. The van der Waals surface area contributed by atoms with Gasteiger partial charge in [0.1, 0.15) is 0 Å². The lowest BCUT2D eigenvalue weighted by Gasteiger charge is -2.20. The zero-order valence-corrected chi connectivity index (χ0v) is 12.2. The molecule has 5 heteroatoms. The summed E-state index contributed by atoms with van der Waals surface area (Å²) in [6.45, 7) is 5.90. The van der Waals surface area contributed by atoms with Gasteiger partial charge in [-0.05, 0) is 20.5 Å². The molecule has 2 amide bonds. The van der Waals surface area contributed by atoms with Crippen LogP contribution < -0.4 is 5.32 Å². The Hall–Kier alpha value is -1.10. The summed E-state index contributed by atoms with van der Waals surface area (Å²) in [5.41, 5.74) is 0. The van der Waals surface area contributed by atoms with E-state index < -0.39 is 0 Å². The molecule has 18 heavy (non-hydrogen) atoms. The highest BCUT2D eigenvalue weighted by atomic mass is 16.2. The molecule has 0 aromatic rings. The predicted molar refractivity (Wildman–Crippen MR) is 73.3 cm³/mol. The van der Waals surface area contributed by atoms with E-state index in [4.69, 9.17) is 0 Å². The molecular formula is C13H27N3O2. The molecule has 0 aliphatic heterocycles. The number of amides is 2. The molecule has 0 aromatic heterocycles. The fraction of sp³-hybridized carbons (Fsp3) is 0.846. The third-order valence-corrected chi connectivity index (χ3v) is 2.69. The van der Waals surface area contributed by atoms with E-state index in [2.05, 4.69) is 12.2 Å². The van der Waals surface area contributed by atoms with Crippen LogP contribution in [0.4, 0.5) is 0 Å². The SMILES string of the molecule is CCCCCN(CC(=O)NCCN(C)C)C(C)=O. The molecule has 0 aliphatic carbocycles. The largest absolute Gasteiger partial charge is 0.353 e. The van der Waals surface area contributed by atoms with Crippen LogP contribution in [0.15, 0.2) is 0 Å². The van der Waals surface area contributed by atoms with Gasteiger partial charge in [-0.3, -0.25) is 9.59 Å². The first-order valence-corrected chi connectivity index (χ1v) is 6.64. The zero-order chi connectivity index (χ0) is 14.0. The molecule has 0 saturated heterocycles. The average molecular weight is 257 g/mol. The van der Waals surface area contributed by atoms with E-state index in [9.17, 15) is 9.59 Å². The molecule has 5 nitrogen and oxygen atoms in total. The second kappa shape index (κ2) is 9.88. The fourth-order valence-corrected chi connectivity index (χ4v) is 1.55. The minimum atomic E-state index is -0.0800. The first-order chi connectivity index (χ1) is 8.47. The molecule has 0 unspecified atom stereocenters. The summed E-state index contributed by atoms with van der Waals surface area (Å²) in [7, 11) is 3.91. The molecule has 0 aromatic carbocycles. The average Bonchev–Trinajstić information content (AvgIpc) is 2.27. The van der Waals surface area contributed by atoms with Crippen molar-refractivity contribution in [3.05, 3.63) is 0 Å². The van der Waals surface area contributed by atoms with Crippen molar-refractivity contribution in [3.63, 3.8) is 0 Å². The van der Waals surface area contributed by atoms with E-state index in [-0.39, 0.29) is 18.4 Å². The Morgan fingerprint density at radius 1 is 1.11 bits per heavy atom. The number of carbonyl (C=O) groups excluding carboxylic acids is 2. The van der Waals surface area contributed by atoms with E-state index >= 15 is 0 Å². The quantitative estimate of drug-likeness (QED) is 0.619. The highest BCUT2D eigenvalue weighted by Crippen LogP contribution is 1.98. The monoisotopic (exact) mass is 257 g/mol. The van der Waals surface area contributed by atoms with Gasteiger partial charge in [0, 0.05) is 26.6 Å². The smallest absolute Gasteiger partial charge is 0.239 e. The van der Waals surface area contributed by atoms with E-state index in [1.807, 2.05) is 19.0 Å². The second-order valence-electron chi connectivity index (χ2n) is 4.80. The van der Waals surface area contributed by atoms with E-state index in [1.54, 1.807) is 4.90 Å². The topological polar surface area (TPSA) is 52.7 Å². The molecular weight excluding hydrogens is 230 g/mol. The summed E-state index contributed by atoms with van der Waals surface area (Å²) < 4.78 is 0. The van der Waals surface area contributed by atoms with E-state index in [1.165, 1.54) is 6.92 Å². The maximum absolute atomic E-state index is 11.6. The third kappa shape index (κ3) is 8.98. The van der Waals surface area contributed by atoms with Gasteiger partial charge in [0.2, 0.25) is 11.8 Å². The number of unbranched alkanes of at least 4 members (excludes halogenated alkanes) is 2. The molecule has 0 heterocycles. The molecule has 1 N–H and O–H groups in total. The summed E-state index contributed by atoms with van der Waals surface area (Å²) in [4.78, 5) is 26.7. The van der Waals surface area contributed by atoms with Crippen LogP contribution in [0.5, 0.6) is 0 Å². The molecule has 0 radical (unpaired) electrons. The highest BCUT2D eigenvalue weighted by molar-refractivity contribution is 5.83. The first-order valence-electron chi connectivity index (χ1n) is 6.64. The Labute approximate surface area is 111 Å². The summed E-state index contributed by atoms with van der Waals surface area (Å²) in [6, 6.07) is 0. The van der Waals surface area contributed by atoms with Crippen LogP contribution in [0.25, 0.3) is 0 Å². The molecule has 0 spiro atoms. The maximum Gasteiger partial charge on any atom is 0.239 e. The van der Waals surface area contributed by atoms with E-state index in [0.717, 1.165) is 25.8 Å². The molecule has 0 aliphatic rings. The fourth-order valence-electron chi connectivity index (χ4n) is 1.55. The van der Waals surface area contributed by atoms with Crippen molar-refractivity contribution in [1.82, 2.24) is 15.1 Å². The van der Waals surface area contributed by atoms with Crippen molar-refractivity contribution in [3.8, 4) is 0 Å². The van der Waals surface area contributed by atoms with Crippen LogP contribution in [-0.4, -0.2) is 61.9 Å². The lowest BCUT2D eigenvalue weighted by molar-refractivity contribution is -0.134. The Balaban J connectivity index is 3.92. The number of hydrogen-bond acceptors (Lipinski definition) is 3. The third-order valence-electron chi connectivity index (χ3n) is 2.69. The normalized spacial score (nSPS) is 10.5. The van der Waals surface area contributed by atoms with Gasteiger partial charge in [-0.15, -0.1) is 0 Å². The van der Waals surface area contributed by atoms with Gasteiger partial charge in [-0.1, -0.05) is 19.8 Å². The lowest BCUT2D eigenvalue weighted by atomic mass is 10.2. The van der Waals surface area contributed by atoms with Gasteiger partial charge in [0.25, 0.3) is 0 Å². The van der Waals surface area contributed by atoms with Crippen LogP contribution in [0.1, 0.15) is 33.1 Å². The highest BCUT2D eigenvalue weighted by Gasteiger charge is 2.12. The summed E-state index contributed by atoms with van der Waals surface area (Å²) in [5.74, 6) is -0.114. The number of rotatable bonds is 9. The minimum absolute atomic E-state index is 0.0335. The Kier molecular flexibility index (Phi) is 9.28. The van der Waals surface area contributed by atoms with Crippen molar-refractivity contribution in [2.24, 2.45) is 0 Å². The predicted octanol–water partition coefficient (Wildman–Crippen LogP) is 0.703. The van der Waals surface area contributed by atoms with Crippen molar-refractivity contribution >= 4 is 11.8 Å². The summed E-state index contributed by atoms with van der Waals surface area (Å²) in [6.07, 6.45) is 3.16. The van der Waals surface area contributed by atoms with Crippen LogP contribution in [0.2, 0.25) is 0 Å². The Morgan fingerprint density at radius 3 is 2.28 bits per heavy atom. The van der Waals surface area contributed by atoms with Gasteiger partial charge >= 0.3 is 0 Å². The number of nitrogens with one attached hydrogen (secondary N) is 1. The number of hydrogen-bond donors (Lipinski definition) is 1. The molecule has 0 atom stereocenters. The Morgan fingerprint density at radius 2 is 1.78 bits per heavy atom. The number of carbonyl (C=O) groups is 2. The molecule has 0 bridgehead atoms. The van der Waals surface area contributed by atoms with Crippen LogP contribution >= 0.6 is 0 Å². The van der Waals surface area contributed by atoms with Crippen LogP contribution in [0, 0.1) is 0 Å². The molecule has 106 valence electrons. The van der Waals surface area contributed by atoms with Crippen LogP contribution in [-0.2, 0) is 9.59 Å². The number of likely N-dealkylation sites (N-methyl/N-ethyl adjacent to an activating group) is 1. The standard InChI is InChI=1S/C13H27N3O2/c1-5-6-7-9-16(12(2)17)11-13(18)14-8-10-15(3)4/h5-11H2,1-4H3,(H,14,18). The van der Waals surface area contributed by atoms with Gasteiger partial charge in [0.05, 0.1) is 6.54 Å². The summed E-state index contributed by atoms with van der Waals surface area (Å²) in [5, 5.41) is 2.82. The lowest BCUT2D eigenvalue weighted by Crippen LogP contribution is -2.41. The number of nitrogens with zero attached hydrogens (tertiary/aromatic N) is 2. The molecule has 0 saturated carbocycles. The van der Waals surface area contributed by atoms with Gasteiger partial charge in [-0.25, -0.2) is 0 Å². The van der Waals surface area contributed by atoms with E-state index in [0.29, 0.717) is 13.1 Å². The van der Waals surface area contributed by atoms with Gasteiger partial charge in [-0.2, -0.15) is 0 Å². The summed E-state index contributed by atoms with van der Waals surface area (Å²) >= 11 is 0. The minimum Gasteiger partial charge on any atom is -0.353 e. The molecule has 0 fully saturated rings. The maximum atomic E-state index is 11.6. The van der Waals surface area contributed by atoms with Gasteiger partial charge in [0.15, 0.2) is 0 Å². The second-order valence-corrected chi connectivity index (χ2v) is 4.80.